The van der Waals surface area contributed by atoms with E-state index in [-0.39, 0.29) is 11.2 Å². The zero-order valence-corrected chi connectivity index (χ0v) is 14.9. The summed E-state index contributed by atoms with van der Waals surface area (Å²) in [6.07, 6.45) is 3.89. The highest BCUT2D eigenvalue weighted by atomic mass is 32.2. The fourth-order valence-corrected chi connectivity index (χ4v) is 5.51. The lowest BCUT2D eigenvalue weighted by Crippen LogP contribution is -2.49. The molecule has 0 aromatic rings. The zero-order chi connectivity index (χ0) is 16.4. The van der Waals surface area contributed by atoms with E-state index < -0.39 is 10.0 Å². The van der Waals surface area contributed by atoms with Gasteiger partial charge in [-0.3, -0.25) is 4.79 Å². The normalized spacial score (nSPS) is 25.7. The van der Waals surface area contributed by atoms with Crippen molar-refractivity contribution in [3.8, 4) is 0 Å². The minimum absolute atomic E-state index is 0.115. The van der Waals surface area contributed by atoms with Crippen molar-refractivity contribution in [3.63, 3.8) is 0 Å². The first-order valence-corrected chi connectivity index (χ1v) is 10.5. The van der Waals surface area contributed by atoms with E-state index in [9.17, 15) is 13.2 Å². The van der Waals surface area contributed by atoms with E-state index in [2.05, 4.69) is 11.8 Å². The largest absolute Gasteiger partial charge is 0.340 e. The van der Waals surface area contributed by atoms with Crippen molar-refractivity contribution in [1.29, 1.82) is 0 Å². The van der Waals surface area contributed by atoms with Gasteiger partial charge in [-0.2, -0.15) is 0 Å². The second kappa shape index (κ2) is 7.07. The molecular weight excluding hydrogens is 314 g/mol. The first-order valence-electron chi connectivity index (χ1n) is 8.99. The van der Waals surface area contributed by atoms with Crippen LogP contribution in [0.3, 0.4) is 0 Å². The van der Waals surface area contributed by atoms with Crippen molar-refractivity contribution < 1.29 is 13.2 Å². The molecule has 7 heteroatoms. The predicted octanol–water partition coefficient (Wildman–Crippen LogP) is 0.745. The van der Waals surface area contributed by atoms with Crippen LogP contribution in [0.2, 0.25) is 0 Å². The molecule has 0 spiro atoms. The lowest BCUT2D eigenvalue weighted by atomic mass is 9.94. The molecule has 3 aliphatic rings. The first-order chi connectivity index (χ1) is 11.0. The molecule has 23 heavy (non-hydrogen) atoms. The highest BCUT2D eigenvalue weighted by molar-refractivity contribution is 7.90. The number of carbonyl (C=O) groups is 1. The van der Waals surface area contributed by atoms with Gasteiger partial charge in [0.1, 0.15) is 0 Å². The highest BCUT2D eigenvalue weighted by Gasteiger charge is 2.41. The van der Waals surface area contributed by atoms with Crippen molar-refractivity contribution in [1.82, 2.24) is 14.1 Å². The van der Waals surface area contributed by atoms with Crippen LogP contribution in [0.1, 0.15) is 39.0 Å². The van der Waals surface area contributed by atoms with E-state index in [1.54, 1.807) is 4.31 Å². The third kappa shape index (κ3) is 4.06. The number of piperazine rings is 1. The Morgan fingerprint density at radius 1 is 0.957 bits per heavy atom. The highest BCUT2D eigenvalue weighted by Crippen LogP contribution is 2.33. The molecular formula is C16H29N3O3S. The molecule has 0 aromatic heterocycles. The molecule has 6 nitrogen and oxygen atoms in total. The van der Waals surface area contributed by atoms with Crippen molar-refractivity contribution in [2.75, 3.05) is 45.8 Å². The molecule has 0 N–H and O–H groups in total. The van der Waals surface area contributed by atoms with Gasteiger partial charge in [0.2, 0.25) is 15.9 Å². The minimum atomic E-state index is -3.04. The number of hydrogen-bond donors (Lipinski definition) is 0. The summed E-state index contributed by atoms with van der Waals surface area (Å²) in [6, 6.07) is 0. The van der Waals surface area contributed by atoms with Crippen molar-refractivity contribution in [2.24, 2.45) is 5.92 Å². The Morgan fingerprint density at radius 3 is 2.09 bits per heavy atom. The molecule has 1 amide bonds. The van der Waals surface area contributed by atoms with Gasteiger partial charge in [-0.15, -0.1) is 0 Å². The maximum Gasteiger partial charge on any atom is 0.222 e. The van der Waals surface area contributed by atoms with Crippen LogP contribution in [0.15, 0.2) is 0 Å². The van der Waals surface area contributed by atoms with Gasteiger partial charge in [-0.1, -0.05) is 6.92 Å². The van der Waals surface area contributed by atoms with E-state index in [1.165, 1.54) is 0 Å². The number of hydrogen-bond acceptors (Lipinski definition) is 4. The molecule has 1 aliphatic carbocycles. The molecule has 2 saturated heterocycles. The molecule has 0 aromatic carbocycles. The van der Waals surface area contributed by atoms with E-state index in [4.69, 9.17) is 0 Å². The van der Waals surface area contributed by atoms with Crippen LogP contribution in [0.5, 0.6) is 0 Å². The lowest BCUT2D eigenvalue weighted by Gasteiger charge is -2.36. The fourth-order valence-electron chi connectivity index (χ4n) is 3.63. The average molecular weight is 343 g/mol. The van der Waals surface area contributed by atoms with Crippen LogP contribution in [-0.4, -0.2) is 79.5 Å². The maximum atomic E-state index is 12.4. The van der Waals surface area contributed by atoms with E-state index in [0.717, 1.165) is 58.4 Å². The molecule has 2 heterocycles. The Labute approximate surface area is 139 Å². The Bertz CT molecular complexity index is 517. The molecule has 3 fully saturated rings. The van der Waals surface area contributed by atoms with Gasteiger partial charge in [0.15, 0.2) is 0 Å². The number of amides is 1. The van der Waals surface area contributed by atoms with Gasteiger partial charge in [-0.25, -0.2) is 12.7 Å². The van der Waals surface area contributed by atoms with Gasteiger partial charge in [0.25, 0.3) is 0 Å². The SMILES string of the molecule is CCN1CCN(C(=O)CC2CCN(S(=O)(=O)C3CC3)CC2)CC1. The monoisotopic (exact) mass is 343 g/mol. The van der Waals surface area contributed by atoms with Gasteiger partial charge >= 0.3 is 0 Å². The molecule has 0 radical (unpaired) electrons. The minimum Gasteiger partial charge on any atom is -0.340 e. The zero-order valence-electron chi connectivity index (χ0n) is 14.1. The lowest BCUT2D eigenvalue weighted by molar-refractivity contribution is -0.134. The summed E-state index contributed by atoms with van der Waals surface area (Å²) in [7, 11) is -3.04. The Kier molecular flexibility index (Phi) is 5.28. The van der Waals surface area contributed by atoms with Crippen molar-refractivity contribution in [3.05, 3.63) is 0 Å². The Balaban J connectivity index is 1.43. The summed E-state index contributed by atoms with van der Waals surface area (Å²) in [5.41, 5.74) is 0. The van der Waals surface area contributed by atoms with Gasteiger partial charge < -0.3 is 9.80 Å². The number of piperidine rings is 1. The average Bonchev–Trinajstić information content (AvgIpc) is 3.41. The van der Waals surface area contributed by atoms with Crippen LogP contribution in [0, 0.1) is 5.92 Å². The van der Waals surface area contributed by atoms with Gasteiger partial charge in [0.05, 0.1) is 5.25 Å². The molecule has 3 rings (SSSR count). The summed E-state index contributed by atoms with van der Waals surface area (Å²) in [5.74, 6) is 0.599. The number of likely N-dealkylation sites (N-methyl/N-ethyl adjacent to an activating group) is 1. The van der Waals surface area contributed by atoms with E-state index in [0.29, 0.717) is 25.4 Å². The maximum absolute atomic E-state index is 12.4. The number of rotatable bonds is 5. The summed E-state index contributed by atoms with van der Waals surface area (Å²) >= 11 is 0. The summed E-state index contributed by atoms with van der Waals surface area (Å²) in [4.78, 5) is 16.8. The molecule has 0 unspecified atom stereocenters. The topological polar surface area (TPSA) is 60.9 Å². The summed E-state index contributed by atoms with van der Waals surface area (Å²) < 4.78 is 26.1. The van der Waals surface area contributed by atoms with Crippen molar-refractivity contribution >= 4 is 15.9 Å². The molecule has 0 bridgehead atoms. The second-order valence-corrected chi connectivity index (χ2v) is 9.32. The number of carbonyl (C=O) groups excluding carboxylic acids is 1. The molecule has 132 valence electrons. The second-order valence-electron chi connectivity index (χ2n) is 7.11. The van der Waals surface area contributed by atoms with E-state index in [1.807, 2.05) is 4.90 Å². The predicted molar refractivity (Wildman–Crippen MR) is 89.5 cm³/mol. The third-order valence-electron chi connectivity index (χ3n) is 5.51. The van der Waals surface area contributed by atoms with Crippen LogP contribution in [-0.2, 0) is 14.8 Å². The van der Waals surface area contributed by atoms with Crippen LogP contribution in [0.4, 0.5) is 0 Å². The van der Waals surface area contributed by atoms with Gasteiger partial charge in [-0.05, 0) is 38.1 Å². The number of nitrogens with zero attached hydrogens (tertiary/aromatic N) is 3. The number of sulfonamides is 1. The third-order valence-corrected chi connectivity index (χ3v) is 7.91. The summed E-state index contributed by atoms with van der Waals surface area (Å²) in [6.45, 7) is 8.02. The Morgan fingerprint density at radius 2 is 1.57 bits per heavy atom. The fraction of sp³-hybridized carbons (Fsp3) is 0.938. The van der Waals surface area contributed by atoms with Crippen LogP contribution in [0.25, 0.3) is 0 Å². The Hall–Kier alpha value is -0.660. The van der Waals surface area contributed by atoms with Crippen LogP contribution >= 0.6 is 0 Å². The van der Waals surface area contributed by atoms with E-state index >= 15 is 0 Å². The van der Waals surface area contributed by atoms with Gasteiger partial charge in [0, 0.05) is 45.7 Å². The van der Waals surface area contributed by atoms with Crippen LogP contribution < -0.4 is 0 Å². The molecule has 0 atom stereocenters. The molecule has 2 aliphatic heterocycles. The summed E-state index contributed by atoms with van der Waals surface area (Å²) in [5, 5.41) is -0.115. The van der Waals surface area contributed by atoms with Crippen molar-refractivity contribution in [2.45, 2.75) is 44.3 Å². The molecule has 1 saturated carbocycles. The first kappa shape index (κ1) is 17.2. The smallest absolute Gasteiger partial charge is 0.222 e. The quantitative estimate of drug-likeness (QED) is 0.739. The standard InChI is InChI=1S/C16H29N3O3S/c1-2-17-9-11-18(12-10-17)16(20)13-14-5-7-19(8-6-14)23(21,22)15-3-4-15/h14-15H,2-13H2,1H3.